The normalized spacial score (nSPS) is 20.7. The van der Waals surface area contributed by atoms with Crippen molar-refractivity contribution in [3.8, 4) is 11.5 Å². The number of nitrogens with zero attached hydrogens (tertiary/aromatic N) is 1. The molecule has 1 saturated heterocycles. The number of amides is 3. The number of phenols is 1. The summed E-state index contributed by atoms with van der Waals surface area (Å²) in [5, 5.41) is 15.4. The standard InChI is InChI=1S/C23H18ClN3O6S2/c1-33-14-8-10(2-7-13(14)28)16-17-18(21(31)26-20(17)30)34-22-19(16)35-23(32)27(22)9-15(29)25-12-5-3-11(24)4-6-12/h2-8,16-18,28H,9H2,1H3,(H,25,29)(H,26,30,31). The van der Waals surface area contributed by atoms with Crippen molar-refractivity contribution in [1.29, 1.82) is 0 Å². The molecule has 0 saturated carbocycles. The van der Waals surface area contributed by atoms with Crippen LogP contribution in [-0.4, -0.2) is 39.8 Å². The van der Waals surface area contributed by atoms with Gasteiger partial charge in [-0.25, -0.2) is 0 Å². The molecule has 0 aliphatic carbocycles. The number of rotatable bonds is 5. The van der Waals surface area contributed by atoms with Gasteiger partial charge < -0.3 is 15.2 Å². The smallest absolute Gasteiger partial charge is 0.308 e. The van der Waals surface area contributed by atoms with Crippen LogP contribution >= 0.6 is 34.7 Å². The average Bonchev–Trinajstić information content (AvgIpc) is 3.29. The predicted octanol–water partition coefficient (Wildman–Crippen LogP) is 2.79. The Morgan fingerprint density at radius 1 is 1.17 bits per heavy atom. The Kier molecular flexibility index (Phi) is 6.07. The molecule has 3 unspecified atom stereocenters. The third-order valence-electron chi connectivity index (χ3n) is 5.88. The number of carbonyl (C=O) groups excluding carboxylic acids is 3. The molecule has 180 valence electrons. The van der Waals surface area contributed by atoms with E-state index in [0.29, 0.717) is 26.2 Å². The summed E-state index contributed by atoms with van der Waals surface area (Å²) in [5.74, 6) is -2.54. The summed E-state index contributed by atoms with van der Waals surface area (Å²) in [5.41, 5.74) is 1.14. The Balaban J connectivity index is 1.55. The Hall–Kier alpha value is -3.28. The van der Waals surface area contributed by atoms with Gasteiger partial charge in [0.15, 0.2) is 11.5 Å². The van der Waals surface area contributed by atoms with Crippen LogP contribution in [0.5, 0.6) is 11.5 Å². The van der Waals surface area contributed by atoms with Gasteiger partial charge in [-0.05, 0) is 42.0 Å². The summed E-state index contributed by atoms with van der Waals surface area (Å²) in [6.45, 7) is -0.265. The number of anilines is 1. The van der Waals surface area contributed by atoms with Crippen molar-refractivity contribution in [2.45, 2.75) is 22.7 Å². The predicted molar refractivity (Wildman–Crippen MR) is 131 cm³/mol. The van der Waals surface area contributed by atoms with E-state index in [1.165, 1.54) is 17.7 Å². The topological polar surface area (TPSA) is 127 Å². The van der Waals surface area contributed by atoms with Crippen LogP contribution in [0, 0.1) is 5.92 Å². The fraction of sp³-hybridized carbons (Fsp3) is 0.217. The summed E-state index contributed by atoms with van der Waals surface area (Å²) in [7, 11) is 1.41. The lowest BCUT2D eigenvalue weighted by molar-refractivity contribution is -0.126. The van der Waals surface area contributed by atoms with E-state index in [1.807, 2.05) is 0 Å². The number of carbonyl (C=O) groups is 3. The fourth-order valence-electron chi connectivity index (χ4n) is 4.30. The number of hydrogen-bond acceptors (Lipinski definition) is 8. The van der Waals surface area contributed by atoms with Gasteiger partial charge in [-0.2, -0.15) is 0 Å². The summed E-state index contributed by atoms with van der Waals surface area (Å²) in [4.78, 5) is 51.3. The number of hydrogen-bond donors (Lipinski definition) is 3. The molecule has 2 aliphatic heterocycles. The molecule has 5 rings (SSSR count). The van der Waals surface area contributed by atoms with Gasteiger partial charge in [0.2, 0.25) is 17.7 Å². The third kappa shape index (κ3) is 4.19. The maximum atomic E-state index is 13.0. The molecule has 0 radical (unpaired) electrons. The Bertz CT molecular complexity index is 1420. The van der Waals surface area contributed by atoms with E-state index in [2.05, 4.69) is 10.6 Å². The second-order valence-electron chi connectivity index (χ2n) is 8.01. The highest BCUT2D eigenvalue weighted by Crippen LogP contribution is 2.52. The molecular formula is C23H18ClN3O6S2. The zero-order valence-corrected chi connectivity index (χ0v) is 20.5. The quantitative estimate of drug-likeness (QED) is 0.432. The molecule has 0 bridgehead atoms. The van der Waals surface area contributed by atoms with E-state index in [4.69, 9.17) is 16.3 Å². The highest BCUT2D eigenvalue weighted by atomic mass is 35.5. The lowest BCUT2D eigenvalue weighted by Crippen LogP contribution is -2.32. The number of methoxy groups -OCH3 is 1. The molecule has 1 fully saturated rings. The average molecular weight is 532 g/mol. The Labute approximate surface area is 212 Å². The van der Waals surface area contributed by atoms with Gasteiger partial charge in [-0.3, -0.25) is 29.1 Å². The Morgan fingerprint density at radius 3 is 2.63 bits per heavy atom. The van der Waals surface area contributed by atoms with E-state index >= 15 is 0 Å². The summed E-state index contributed by atoms with van der Waals surface area (Å²) >= 11 is 7.93. The van der Waals surface area contributed by atoms with Crippen LogP contribution in [0.2, 0.25) is 5.02 Å². The van der Waals surface area contributed by atoms with E-state index < -0.39 is 34.8 Å². The van der Waals surface area contributed by atoms with Gasteiger partial charge in [0.25, 0.3) is 0 Å². The van der Waals surface area contributed by atoms with Gasteiger partial charge in [0, 0.05) is 21.5 Å². The minimum atomic E-state index is -0.764. The van der Waals surface area contributed by atoms with Gasteiger partial charge in [0.1, 0.15) is 11.8 Å². The number of benzene rings is 2. The molecule has 2 aliphatic rings. The number of thioether (sulfide) groups is 1. The molecule has 3 heterocycles. The highest BCUT2D eigenvalue weighted by Gasteiger charge is 2.53. The number of aromatic nitrogens is 1. The van der Waals surface area contributed by atoms with Crippen LogP contribution in [0.3, 0.4) is 0 Å². The number of thiazole rings is 1. The summed E-state index contributed by atoms with van der Waals surface area (Å²) in [6, 6.07) is 11.2. The molecule has 9 nitrogen and oxygen atoms in total. The van der Waals surface area contributed by atoms with Crippen LogP contribution in [0.4, 0.5) is 5.69 Å². The van der Waals surface area contributed by atoms with Crippen molar-refractivity contribution in [2.24, 2.45) is 5.92 Å². The van der Waals surface area contributed by atoms with Crippen LogP contribution < -0.4 is 20.2 Å². The van der Waals surface area contributed by atoms with Crippen molar-refractivity contribution in [3.05, 3.63) is 67.6 Å². The molecule has 3 atom stereocenters. The van der Waals surface area contributed by atoms with Crippen molar-refractivity contribution < 1.29 is 24.2 Å². The Morgan fingerprint density at radius 2 is 1.91 bits per heavy atom. The van der Waals surface area contributed by atoms with Crippen LogP contribution in [0.1, 0.15) is 16.4 Å². The molecule has 3 amide bonds. The second kappa shape index (κ2) is 9.06. The first-order chi connectivity index (χ1) is 16.8. The second-order valence-corrected chi connectivity index (χ2v) is 10.6. The van der Waals surface area contributed by atoms with E-state index in [-0.39, 0.29) is 22.9 Å². The van der Waals surface area contributed by atoms with Crippen LogP contribution in [0.15, 0.2) is 52.3 Å². The van der Waals surface area contributed by atoms with Crippen LogP contribution in [-0.2, 0) is 20.9 Å². The monoisotopic (exact) mass is 531 g/mol. The van der Waals surface area contributed by atoms with Gasteiger partial charge in [-0.15, -0.1) is 0 Å². The van der Waals surface area contributed by atoms with E-state index in [1.54, 1.807) is 36.4 Å². The minimum absolute atomic E-state index is 0.0743. The molecule has 3 aromatic rings. The summed E-state index contributed by atoms with van der Waals surface area (Å²) < 4.78 is 6.55. The first kappa shape index (κ1) is 23.5. The molecule has 2 aromatic carbocycles. The zero-order valence-electron chi connectivity index (χ0n) is 18.1. The number of phenolic OH excluding ortho intramolecular Hbond substituents is 1. The van der Waals surface area contributed by atoms with E-state index in [0.717, 1.165) is 23.1 Å². The highest BCUT2D eigenvalue weighted by molar-refractivity contribution is 8.00. The van der Waals surface area contributed by atoms with Crippen LogP contribution in [0.25, 0.3) is 0 Å². The number of halogens is 1. The molecule has 0 spiro atoms. The minimum Gasteiger partial charge on any atom is -0.504 e. The molecule has 1 aromatic heterocycles. The largest absolute Gasteiger partial charge is 0.504 e. The first-order valence-electron chi connectivity index (χ1n) is 10.4. The van der Waals surface area contributed by atoms with Crippen molar-refractivity contribution in [3.63, 3.8) is 0 Å². The number of nitrogens with one attached hydrogen (secondary N) is 2. The molecule has 3 N–H and O–H groups in total. The molecule has 12 heteroatoms. The molecular weight excluding hydrogens is 514 g/mol. The lowest BCUT2D eigenvalue weighted by atomic mass is 9.83. The zero-order chi connectivity index (χ0) is 24.9. The summed E-state index contributed by atoms with van der Waals surface area (Å²) in [6.07, 6.45) is 0. The number of imide groups is 1. The van der Waals surface area contributed by atoms with Crippen molar-refractivity contribution in [1.82, 2.24) is 9.88 Å². The van der Waals surface area contributed by atoms with Crippen molar-refractivity contribution in [2.75, 3.05) is 12.4 Å². The lowest BCUT2D eigenvalue weighted by Gasteiger charge is -2.31. The van der Waals surface area contributed by atoms with Crippen molar-refractivity contribution >= 4 is 58.1 Å². The number of aromatic hydroxyl groups is 1. The third-order valence-corrected chi connectivity index (χ3v) is 8.75. The SMILES string of the molecule is COc1cc(C2c3sc(=O)n(CC(=O)Nc4ccc(Cl)cc4)c3SC3C(=O)NC(=O)C32)ccc1O. The molecule has 35 heavy (non-hydrogen) atoms. The fourth-order valence-corrected chi connectivity index (χ4v) is 7.17. The first-order valence-corrected chi connectivity index (χ1v) is 12.5. The van der Waals surface area contributed by atoms with Gasteiger partial charge >= 0.3 is 4.87 Å². The maximum absolute atomic E-state index is 13.0. The van der Waals surface area contributed by atoms with E-state index in [9.17, 15) is 24.3 Å². The van der Waals surface area contributed by atoms with Gasteiger partial charge in [-0.1, -0.05) is 40.8 Å². The maximum Gasteiger partial charge on any atom is 0.308 e. The van der Waals surface area contributed by atoms with Gasteiger partial charge in [0.05, 0.1) is 18.1 Å². The number of ether oxygens (including phenoxy) is 1. The number of fused-ring (bicyclic) bond motifs is 2.